The maximum atomic E-state index is 13.8. The summed E-state index contributed by atoms with van der Waals surface area (Å²) in [5.74, 6) is -1.17. The van der Waals surface area contributed by atoms with E-state index in [9.17, 15) is 19.4 Å². The molecule has 4 rings (SSSR count). The molecule has 1 aromatic heterocycles. The van der Waals surface area contributed by atoms with Gasteiger partial charge in [-0.2, -0.15) is 0 Å². The van der Waals surface area contributed by atoms with E-state index in [2.05, 4.69) is 4.98 Å². The van der Waals surface area contributed by atoms with E-state index in [0.717, 1.165) is 22.6 Å². The van der Waals surface area contributed by atoms with Gasteiger partial charge >= 0.3 is 6.09 Å². The zero-order chi connectivity index (χ0) is 27.3. The van der Waals surface area contributed by atoms with Crippen LogP contribution >= 0.6 is 11.6 Å². The zero-order valence-corrected chi connectivity index (χ0v) is 22.6. The van der Waals surface area contributed by atoms with Gasteiger partial charge in [0.1, 0.15) is 22.3 Å². The number of hydrogen-bond donors (Lipinski definition) is 2. The van der Waals surface area contributed by atoms with Gasteiger partial charge in [-0.15, -0.1) is 0 Å². The Labute approximate surface area is 220 Å². The van der Waals surface area contributed by atoms with E-state index in [1.54, 1.807) is 31.7 Å². The molecule has 7 nitrogen and oxygen atoms in total. The highest BCUT2D eigenvalue weighted by atomic mass is 35.5. The van der Waals surface area contributed by atoms with Crippen LogP contribution in [0.4, 0.5) is 9.18 Å². The van der Waals surface area contributed by atoms with Gasteiger partial charge in [0.15, 0.2) is 11.6 Å². The molecule has 0 radical (unpaired) electrons. The summed E-state index contributed by atoms with van der Waals surface area (Å²) in [6.07, 6.45) is -0.0480. The number of ether oxygens (including phenoxy) is 2. The van der Waals surface area contributed by atoms with Gasteiger partial charge < -0.3 is 24.6 Å². The summed E-state index contributed by atoms with van der Waals surface area (Å²) in [5, 5.41) is 21.8. The van der Waals surface area contributed by atoms with Crippen LogP contribution in [0.25, 0.3) is 10.9 Å². The van der Waals surface area contributed by atoms with Gasteiger partial charge in [-0.1, -0.05) is 25.4 Å². The molecule has 2 aromatic carbocycles. The Morgan fingerprint density at radius 2 is 1.86 bits per heavy atom. The number of carbonyl (C=O) groups is 1. The van der Waals surface area contributed by atoms with Gasteiger partial charge in [-0.25, -0.2) is 14.2 Å². The number of phenols is 2. The first-order chi connectivity index (χ1) is 17.2. The van der Waals surface area contributed by atoms with Crippen molar-refractivity contribution in [3.05, 3.63) is 58.0 Å². The number of hydrogen-bond acceptors (Lipinski definition) is 6. The number of phenolic OH excluding ortho intramolecular Hbond substituents is 2. The molecule has 0 aliphatic carbocycles. The first-order valence-corrected chi connectivity index (χ1v) is 12.5. The highest BCUT2D eigenvalue weighted by Gasteiger charge is 2.38. The second kappa shape index (κ2) is 9.56. The summed E-state index contributed by atoms with van der Waals surface area (Å²) in [6, 6.07) is 7.23. The van der Waals surface area contributed by atoms with E-state index in [0.29, 0.717) is 35.0 Å². The number of aromatic hydroxyl groups is 2. The maximum absolute atomic E-state index is 13.8. The fourth-order valence-electron chi connectivity index (χ4n) is 4.77. The first kappa shape index (κ1) is 26.8. The third-order valence-electron chi connectivity index (χ3n) is 6.49. The smallest absolute Gasteiger partial charge is 0.410 e. The van der Waals surface area contributed by atoms with E-state index in [4.69, 9.17) is 21.1 Å². The number of pyridine rings is 1. The minimum atomic E-state index is -0.923. The van der Waals surface area contributed by atoms with Gasteiger partial charge in [0.2, 0.25) is 0 Å². The number of halogens is 2. The van der Waals surface area contributed by atoms with Gasteiger partial charge in [0.25, 0.3) is 0 Å². The van der Waals surface area contributed by atoms with Gasteiger partial charge in [-0.3, -0.25) is 0 Å². The lowest BCUT2D eigenvalue weighted by atomic mass is 9.82. The number of nitrogens with zero attached hydrogens (tertiary/aromatic N) is 2. The predicted octanol–water partition coefficient (Wildman–Crippen LogP) is 6.79. The summed E-state index contributed by atoms with van der Waals surface area (Å²) in [7, 11) is 0. The fourth-order valence-corrected chi connectivity index (χ4v) is 5.02. The maximum Gasteiger partial charge on any atom is 0.410 e. The molecule has 9 heteroatoms. The SMILES string of the molecule is Cc1cc(Cl)nc2cc3c(cc12)OCCC3N(CC(C)(C)c1cc(O)c(F)cc1O)C(=O)OC(C)(C)C. The monoisotopic (exact) mass is 530 g/mol. The number of aryl methyl sites for hydroxylation is 1. The lowest BCUT2D eigenvalue weighted by molar-refractivity contribution is 0.00663. The molecule has 0 bridgehead atoms. The molecule has 1 aliphatic rings. The Morgan fingerprint density at radius 1 is 1.16 bits per heavy atom. The third-order valence-corrected chi connectivity index (χ3v) is 6.68. The molecular weight excluding hydrogens is 499 g/mol. The lowest BCUT2D eigenvalue weighted by Gasteiger charge is -2.41. The van der Waals surface area contributed by atoms with Crippen LogP contribution in [0, 0.1) is 12.7 Å². The van der Waals surface area contributed by atoms with Crippen LogP contribution in [-0.2, 0) is 10.2 Å². The summed E-state index contributed by atoms with van der Waals surface area (Å²) >= 11 is 6.23. The molecule has 37 heavy (non-hydrogen) atoms. The van der Waals surface area contributed by atoms with Crippen LogP contribution in [0.15, 0.2) is 30.3 Å². The first-order valence-electron chi connectivity index (χ1n) is 12.1. The largest absolute Gasteiger partial charge is 0.508 e. The van der Waals surface area contributed by atoms with Crippen molar-refractivity contribution < 1.29 is 28.9 Å². The van der Waals surface area contributed by atoms with Crippen LogP contribution in [0.1, 0.15) is 63.8 Å². The lowest BCUT2D eigenvalue weighted by Crippen LogP contribution is -2.46. The molecule has 2 heterocycles. The highest BCUT2D eigenvalue weighted by Crippen LogP contribution is 2.43. The van der Waals surface area contributed by atoms with Crippen molar-refractivity contribution in [3.8, 4) is 17.2 Å². The summed E-state index contributed by atoms with van der Waals surface area (Å²) in [4.78, 5) is 19.7. The van der Waals surface area contributed by atoms with Gasteiger partial charge in [0.05, 0.1) is 18.2 Å². The zero-order valence-electron chi connectivity index (χ0n) is 21.9. The average molecular weight is 531 g/mol. The van der Waals surface area contributed by atoms with Crippen molar-refractivity contribution in [2.45, 2.75) is 65.0 Å². The van der Waals surface area contributed by atoms with Crippen molar-refractivity contribution >= 4 is 28.6 Å². The normalized spacial score (nSPS) is 15.7. The van der Waals surface area contributed by atoms with Crippen LogP contribution in [-0.4, -0.2) is 44.9 Å². The second-order valence-corrected chi connectivity index (χ2v) is 11.5. The Kier molecular flexibility index (Phi) is 6.92. The van der Waals surface area contributed by atoms with Crippen LogP contribution < -0.4 is 4.74 Å². The number of rotatable bonds is 4. The molecule has 2 N–H and O–H groups in total. The van der Waals surface area contributed by atoms with Crippen LogP contribution in [0.3, 0.4) is 0 Å². The Bertz CT molecular complexity index is 1370. The molecule has 0 spiro atoms. The Balaban J connectivity index is 1.81. The second-order valence-electron chi connectivity index (χ2n) is 11.1. The summed E-state index contributed by atoms with van der Waals surface area (Å²) in [6.45, 7) is 11.4. The minimum Gasteiger partial charge on any atom is -0.508 e. The molecule has 198 valence electrons. The molecule has 0 saturated heterocycles. The van der Waals surface area contributed by atoms with E-state index < -0.39 is 34.7 Å². The summed E-state index contributed by atoms with van der Waals surface area (Å²) in [5.41, 5.74) is 1.07. The quantitative estimate of drug-likeness (QED) is 0.285. The van der Waals surface area contributed by atoms with Gasteiger partial charge in [0, 0.05) is 41.0 Å². The Morgan fingerprint density at radius 3 is 2.54 bits per heavy atom. The van der Waals surface area contributed by atoms with Gasteiger partial charge in [-0.05, 0) is 57.5 Å². The molecule has 1 atom stereocenters. The standard InChI is InChI=1S/C28H32ClFN2O5/c1-15-9-25(29)31-20-10-17-21(7-8-36-24(17)11-16(15)20)32(26(35)37-27(2,3)4)14-28(5,6)18-12-23(34)19(30)13-22(18)33/h9-13,21,33-34H,7-8,14H2,1-6H3. The van der Waals surface area contributed by atoms with E-state index >= 15 is 0 Å². The molecule has 1 aliphatic heterocycles. The summed E-state index contributed by atoms with van der Waals surface area (Å²) < 4.78 is 25.6. The van der Waals surface area contributed by atoms with Crippen LogP contribution in [0.5, 0.6) is 17.2 Å². The third kappa shape index (κ3) is 5.54. The van der Waals surface area contributed by atoms with Crippen LogP contribution in [0.2, 0.25) is 5.15 Å². The van der Waals surface area contributed by atoms with E-state index in [1.165, 1.54) is 6.07 Å². The number of fused-ring (bicyclic) bond motifs is 2. The van der Waals surface area contributed by atoms with Crippen molar-refractivity contribution in [2.24, 2.45) is 0 Å². The average Bonchev–Trinajstić information content (AvgIpc) is 2.77. The molecule has 1 unspecified atom stereocenters. The Hall–Kier alpha value is -3.26. The number of benzene rings is 2. The molecule has 3 aromatic rings. The topological polar surface area (TPSA) is 92.1 Å². The minimum absolute atomic E-state index is 0.102. The number of amides is 1. The number of aromatic nitrogens is 1. The number of carbonyl (C=O) groups excluding carboxylic acids is 1. The van der Waals surface area contributed by atoms with E-state index in [1.807, 2.05) is 32.9 Å². The van der Waals surface area contributed by atoms with Crippen molar-refractivity contribution in [3.63, 3.8) is 0 Å². The van der Waals surface area contributed by atoms with Crippen molar-refractivity contribution in [2.75, 3.05) is 13.2 Å². The van der Waals surface area contributed by atoms with E-state index in [-0.39, 0.29) is 12.3 Å². The van der Waals surface area contributed by atoms with Crippen molar-refractivity contribution in [1.82, 2.24) is 9.88 Å². The molecular formula is C28H32ClFN2O5. The van der Waals surface area contributed by atoms with Crippen molar-refractivity contribution in [1.29, 1.82) is 0 Å². The fraction of sp³-hybridized carbons (Fsp3) is 0.429. The molecule has 0 fully saturated rings. The molecule has 0 saturated carbocycles. The predicted molar refractivity (Wildman–Crippen MR) is 140 cm³/mol. The highest BCUT2D eigenvalue weighted by molar-refractivity contribution is 6.29. The molecule has 1 amide bonds.